The van der Waals surface area contributed by atoms with Crippen LogP contribution in [0.5, 0.6) is 11.5 Å². The zero-order valence-corrected chi connectivity index (χ0v) is 10.6. The van der Waals surface area contributed by atoms with E-state index in [0.717, 1.165) is 5.69 Å². The van der Waals surface area contributed by atoms with E-state index in [1.807, 2.05) is 26.0 Å². The zero-order valence-electron chi connectivity index (χ0n) is 10.6. The molecule has 0 aromatic heterocycles. The summed E-state index contributed by atoms with van der Waals surface area (Å²) in [4.78, 5) is 0. The molecule has 0 saturated carbocycles. The Morgan fingerprint density at radius 1 is 1.00 bits per heavy atom. The summed E-state index contributed by atoms with van der Waals surface area (Å²) < 4.78 is 0. The third-order valence-corrected chi connectivity index (χ3v) is 2.80. The highest BCUT2D eigenvalue weighted by Crippen LogP contribution is 2.28. The first kappa shape index (κ1) is 12.3. The maximum atomic E-state index is 9.69. The second kappa shape index (κ2) is 5.00. The van der Waals surface area contributed by atoms with Crippen LogP contribution in [0.15, 0.2) is 36.4 Å². The van der Waals surface area contributed by atoms with Gasteiger partial charge >= 0.3 is 0 Å². The van der Waals surface area contributed by atoms with Gasteiger partial charge in [0.1, 0.15) is 0 Å². The van der Waals surface area contributed by atoms with Gasteiger partial charge in [-0.2, -0.15) is 0 Å². The Balaban J connectivity index is 2.14. The van der Waals surface area contributed by atoms with E-state index in [1.165, 1.54) is 17.2 Å². The minimum absolute atomic E-state index is 0.0608. The first-order valence-corrected chi connectivity index (χ1v) is 5.88. The van der Waals surface area contributed by atoms with Gasteiger partial charge in [0, 0.05) is 17.8 Å². The molecule has 18 heavy (non-hydrogen) atoms. The van der Waals surface area contributed by atoms with Gasteiger partial charge in [0.25, 0.3) is 0 Å². The summed E-state index contributed by atoms with van der Waals surface area (Å²) in [5.41, 5.74) is 4.07. The minimum Gasteiger partial charge on any atom is -0.504 e. The standard InChI is InChI=1S/C15H17NO2/c1-10-6-11(2)8-13(7-10)16-9-12-4-3-5-14(17)15(12)18/h3-8,16-18H,9H2,1-2H3. The third kappa shape index (κ3) is 2.74. The lowest BCUT2D eigenvalue weighted by Gasteiger charge is -2.10. The maximum absolute atomic E-state index is 9.69. The molecule has 2 aromatic rings. The molecule has 0 aliphatic carbocycles. The van der Waals surface area contributed by atoms with Crippen molar-refractivity contribution < 1.29 is 10.2 Å². The second-order valence-corrected chi connectivity index (χ2v) is 4.51. The molecule has 0 atom stereocenters. The number of para-hydroxylation sites is 1. The number of nitrogens with one attached hydrogen (secondary N) is 1. The average Bonchev–Trinajstić information content (AvgIpc) is 2.30. The van der Waals surface area contributed by atoms with Crippen molar-refractivity contribution in [3.63, 3.8) is 0 Å². The van der Waals surface area contributed by atoms with Crippen LogP contribution in [-0.2, 0) is 6.54 Å². The van der Waals surface area contributed by atoms with Gasteiger partial charge in [-0.15, -0.1) is 0 Å². The molecule has 0 fully saturated rings. The normalized spacial score (nSPS) is 10.3. The van der Waals surface area contributed by atoms with Crippen molar-refractivity contribution in [1.82, 2.24) is 0 Å². The summed E-state index contributed by atoms with van der Waals surface area (Å²) in [5.74, 6) is -0.149. The van der Waals surface area contributed by atoms with Gasteiger partial charge in [0.2, 0.25) is 0 Å². The summed E-state index contributed by atoms with van der Waals surface area (Å²) in [7, 11) is 0. The minimum atomic E-state index is -0.0882. The van der Waals surface area contributed by atoms with Gasteiger partial charge in [-0.25, -0.2) is 0 Å². The topological polar surface area (TPSA) is 52.5 Å². The Hall–Kier alpha value is -2.16. The molecule has 0 aliphatic rings. The molecule has 3 nitrogen and oxygen atoms in total. The van der Waals surface area contributed by atoms with Crippen LogP contribution in [0.1, 0.15) is 16.7 Å². The average molecular weight is 243 g/mol. The molecule has 0 saturated heterocycles. The molecule has 0 radical (unpaired) electrons. The van der Waals surface area contributed by atoms with Crippen molar-refractivity contribution in [3.05, 3.63) is 53.1 Å². The Kier molecular flexibility index (Phi) is 3.42. The van der Waals surface area contributed by atoms with E-state index in [0.29, 0.717) is 12.1 Å². The molecule has 3 N–H and O–H groups in total. The van der Waals surface area contributed by atoms with Crippen LogP contribution >= 0.6 is 0 Å². The number of aromatic hydroxyl groups is 2. The first-order valence-electron chi connectivity index (χ1n) is 5.88. The Morgan fingerprint density at radius 2 is 1.67 bits per heavy atom. The summed E-state index contributed by atoms with van der Waals surface area (Å²) in [6.07, 6.45) is 0. The van der Waals surface area contributed by atoms with Gasteiger partial charge < -0.3 is 15.5 Å². The highest BCUT2D eigenvalue weighted by molar-refractivity contribution is 5.51. The SMILES string of the molecule is Cc1cc(C)cc(NCc2cccc(O)c2O)c1. The predicted octanol–water partition coefficient (Wildman–Crippen LogP) is 3.33. The van der Waals surface area contributed by atoms with Gasteiger partial charge in [-0.3, -0.25) is 0 Å². The number of hydrogen-bond acceptors (Lipinski definition) is 3. The predicted molar refractivity (Wildman–Crippen MR) is 73.0 cm³/mol. The quantitative estimate of drug-likeness (QED) is 0.725. The van der Waals surface area contributed by atoms with E-state index in [1.54, 1.807) is 12.1 Å². The lowest BCUT2D eigenvalue weighted by molar-refractivity contribution is 0.400. The third-order valence-electron chi connectivity index (χ3n) is 2.80. The van der Waals surface area contributed by atoms with E-state index in [4.69, 9.17) is 0 Å². The van der Waals surface area contributed by atoms with Crippen LogP contribution in [-0.4, -0.2) is 10.2 Å². The van der Waals surface area contributed by atoms with Gasteiger partial charge in [-0.05, 0) is 43.2 Å². The number of phenolic OH excluding ortho intramolecular Hbond substituents is 2. The molecule has 0 spiro atoms. The molecule has 2 aromatic carbocycles. The van der Waals surface area contributed by atoms with E-state index in [2.05, 4.69) is 11.4 Å². The Morgan fingerprint density at radius 3 is 2.33 bits per heavy atom. The molecule has 0 amide bonds. The van der Waals surface area contributed by atoms with E-state index in [9.17, 15) is 10.2 Å². The van der Waals surface area contributed by atoms with Crippen molar-refractivity contribution in [2.75, 3.05) is 5.32 Å². The smallest absolute Gasteiger partial charge is 0.162 e. The first-order chi connectivity index (χ1) is 8.56. The maximum Gasteiger partial charge on any atom is 0.162 e. The summed E-state index contributed by atoms with van der Waals surface area (Å²) in [6, 6.07) is 11.2. The Bertz CT molecular complexity index is 544. The fraction of sp³-hybridized carbons (Fsp3) is 0.200. The van der Waals surface area contributed by atoms with Crippen LogP contribution in [0.2, 0.25) is 0 Å². The van der Waals surface area contributed by atoms with Crippen LogP contribution in [0.3, 0.4) is 0 Å². The number of rotatable bonds is 3. The highest BCUT2D eigenvalue weighted by atomic mass is 16.3. The molecule has 0 unspecified atom stereocenters. The molecule has 3 heteroatoms. The van der Waals surface area contributed by atoms with E-state index >= 15 is 0 Å². The van der Waals surface area contributed by atoms with Gasteiger partial charge in [0.05, 0.1) is 0 Å². The molecule has 0 aliphatic heterocycles. The largest absolute Gasteiger partial charge is 0.504 e. The van der Waals surface area contributed by atoms with Crippen molar-refractivity contribution in [1.29, 1.82) is 0 Å². The van der Waals surface area contributed by atoms with Crippen molar-refractivity contribution in [2.45, 2.75) is 20.4 Å². The molecular weight excluding hydrogens is 226 g/mol. The zero-order chi connectivity index (χ0) is 13.1. The molecule has 2 rings (SSSR count). The number of aryl methyl sites for hydroxylation is 2. The monoisotopic (exact) mass is 243 g/mol. The molecule has 0 bridgehead atoms. The van der Waals surface area contributed by atoms with Crippen LogP contribution in [0, 0.1) is 13.8 Å². The number of benzene rings is 2. The van der Waals surface area contributed by atoms with Crippen molar-refractivity contribution in [2.24, 2.45) is 0 Å². The van der Waals surface area contributed by atoms with Crippen molar-refractivity contribution in [3.8, 4) is 11.5 Å². The summed E-state index contributed by atoms with van der Waals surface area (Å²) in [5, 5.41) is 22.3. The summed E-state index contributed by atoms with van der Waals surface area (Å²) in [6.45, 7) is 4.57. The fourth-order valence-corrected chi connectivity index (χ4v) is 1.99. The molecule has 94 valence electrons. The molecule has 0 heterocycles. The van der Waals surface area contributed by atoms with Crippen LogP contribution < -0.4 is 5.32 Å². The van der Waals surface area contributed by atoms with Gasteiger partial charge in [0.15, 0.2) is 11.5 Å². The fourth-order valence-electron chi connectivity index (χ4n) is 1.99. The lowest BCUT2D eigenvalue weighted by Crippen LogP contribution is -2.00. The van der Waals surface area contributed by atoms with E-state index < -0.39 is 0 Å². The van der Waals surface area contributed by atoms with Crippen LogP contribution in [0.25, 0.3) is 0 Å². The Labute approximate surface area is 107 Å². The van der Waals surface area contributed by atoms with Crippen LogP contribution in [0.4, 0.5) is 5.69 Å². The number of phenols is 2. The molecular formula is C15H17NO2. The highest BCUT2D eigenvalue weighted by Gasteiger charge is 2.05. The number of hydrogen-bond donors (Lipinski definition) is 3. The lowest BCUT2D eigenvalue weighted by atomic mass is 10.1. The van der Waals surface area contributed by atoms with E-state index in [-0.39, 0.29) is 11.5 Å². The second-order valence-electron chi connectivity index (χ2n) is 4.51. The number of anilines is 1. The summed E-state index contributed by atoms with van der Waals surface area (Å²) >= 11 is 0. The van der Waals surface area contributed by atoms with Crippen molar-refractivity contribution >= 4 is 5.69 Å². The van der Waals surface area contributed by atoms with Gasteiger partial charge in [-0.1, -0.05) is 18.2 Å².